The number of fused-ring (bicyclic) bond motifs is 1. The molecule has 3 heterocycles. The average Bonchev–Trinajstić information content (AvgIpc) is 3.31. The van der Waals surface area contributed by atoms with E-state index < -0.39 is 0 Å². The highest BCUT2D eigenvalue weighted by Gasteiger charge is 2.28. The Labute approximate surface area is 156 Å². The van der Waals surface area contributed by atoms with Crippen LogP contribution in [0.4, 0.5) is 5.69 Å². The quantitative estimate of drug-likeness (QED) is 0.652. The second-order valence-corrected chi connectivity index (χ2v) is 8.00. The van der Waals surface area contributed by atoms with Gasteiger partial charge in [-0.25, -0.2) is 9.97 Å². The first kappa shape index (κ1) is 17.2. The normalized spacial score (nSPS) is 21.6. The summed E-state index contributed by atoms with van der Waals surface area (Å²) in [6.45, 7) is 2.06. The number of H-pyrrole nitrogens is 1. The molecule has 6 nitrogen and oxygen atoms in total. The first-order valence-electron chi connectivity index (χ1n) is 9.06. The lowest BCUT2D eigenvalue weighted by molar-refractivity contribution is -0.121. The SMILES string of the molecule is C[C@H](N)C1CCC(C(=O)Nc2ccnc3[nH]c(-c4nccs4)cc23)CC1. The van der Waals surface area contributed by atoms with Gasteiger partial charge in [-0.15, -0.1) is 11.3 Å². The molecule has 3 aromatic rings. The number of nitrogens with zero attached hydrogens (tertiary/aromatic N) is 2. The molecule has 0 spiro atoms. The number of carbonyl (C=O) groups excluding carboxylic acids is 1. The van der Waals surface area contributed by atoms with E-state index in [1.54, 1.807) is 23.7 Å². The number of hydrogen-bond donors (Lipinski definition) is 3. The van der Waals surface area contributed by atoms with Crippen molar-refractivity contribution in [2.45, 2.75) is 38.6 Å². The van der Waals surface area contributed by atoms with Crippen LogP contribution < -0.4 is 11.1 Å². The lowest BCUT2D eigenvalue weighted by Gasteiger charge is -2.30. The van der Waals surface area contributed by atoms with E-state index in [-0.39, 0.29) is 17.9 Å². The van der Waals surface area contributed by atoms with Crippen LogP contribution in [0, 0.1) is 11.8 Å². The molecule has 0 unspecified atom stereocenters. The maximum absolute atomic E-state index is 12.7. The Morgan fingerprint density at radius 2 is 2.12 bits per heavy atom. The van der Waals surface area contributed by atoms with Crippen LogP contribution in [0.1, 0.15) is 32.6 Å². The fourth-order valence-corrected chi connectivity index (χ4v) is 4.36. The molecule has 1 amide bonds. The van der Waals surface area contributed by atoms with Gasteiger partial charge in [-0.05, 0) is 50.7 Å². The molecular weight excluding hydrogens is 346 g/mol. The Kier molecular flexibility index (Phi) is 4.74. The van der Waals surface area contributed by atoms with E-state index in [0.717, 1.165) is 53.1 Å². The number of rotatable bonds is 4. The predicted molar refractivity (Wildman–Crippen MR) is 105 cm³/mol. The maximum atomic E-state index is 12.7. The number of nitrogens with one attached hydrogen (secondary N) is 2. The summed E-state index contributed by atoms with van der Waals surface area (Å²) >= 11 is 1.57. The topological polar surface area (TPSA) is 96.7 Å². The molecule has 4 rings (SSSR count). The third-order valence-corrected chi connectivity index (χ3v) is 6.15. The van der Waals surface area contributed by atoms with Gasteiger partial charge in [0.05, 0.1) is 11.4 Å². The summed E-state index contributed by atoms with van der Waals surface area (Å²) < 4.78 is 0. The number of thiazole rings is 1. The van der Waals surface area contributed by atoms with Gasteiger partial charge in [0.15, 0.2) is 0 Å². The van der Waals surface area contributed by atoms with E-state index in [1.165, 1.54) is 0 Å². The maximum Gasteiger partial charge on any atom is 0.227 e. The van der Waals surface area contributed by atoms with Gasteiger partial charge < -0.3 is 16.0 Å². The van der Waals surface area contributed by atoms with Crippen molar-refractivity contribution in [1.29, 1.82) is 0 Å². The van der Waals surface area contributed by atoms with Gasteiger partial charge in [-0.1, -0.05) is 0 Å². The zero-order valence-electron chi connectivity index (χ0n) is 14.7. The number of aromatic nitrogens is 3. The van der Waals surface area contributed by atoms with Gasteiger partial charge in [-0.3, -0.25) is 4.79 Å². The summed E-state index contributed by atoms with van der Waals surface area (Å²) in [6, 6.07) is 4.07. The van der Waals surface area contributed by atoms with Crippen molar-refractivity contribution in [3.8, 4) is 10.7 Å². The van der Waals surface area contributed by atoms with Gasteiger partial charge in [0, 0.05) is 35.1 Å². The molecule has 1 fully saturated rings. The Hall–Kier alpha value is -2.25. The molecule has 1 atom stereocenters. The van der Waals surface area contributed by atoms with Crippen LogP contribution in [0.5, 0.6) is 0 Å². The van der Waals surface area contributed by atoms with Gasteiger partial charge >= 0.3 is 0 Å². The molecule has 3 aromatic heterocycles. The third-order valence-electron chi connectivity index (χ3n) is 5.34. The zero-order valence-corrected chi connectivity index (χ0v) is 15.6. The van der Waals surface area contributed by atoms with Crippen molar-refractivity contribution in [1.82, 2.24) is 15.0 Å². The summed E-state index contributed by atoms with van der Waals surface area (Å²) in [5, 5.41) is 6.87. The molecule has 0 bridgehead atoms. The first-order valence-corrected chi connectivity index (χ1v) is 9.94. The molecule has 7 heteroatoms. The van der Waals surface area contributed by atoms with Gasteiger partial charge in [-0.2, -0.15) is 0 Å². The van der Waals surface area contributed by atoms with Crippen LogP contribution in [0.3, 0.4) is 0 Å². The number of hydrogen-bond acceptors (Lipinski definition) is 5. The second-order valence-electron chi connectivity index (χ2n) is 7.10. The number of nitrogens with two attached hydrogens (primary N) is 1. The van der Waals surface area contributed by atoms with Crippen molar-refractivity contribution in [2.24, 2.45) is 17.6 Å². The highest BCUT2D eigenvalue weighted by Crippen LogP contribution is 2.33. The number of carbonyl (C=O) groups is 1. The lowest BCUT2D eigenvalue weighted by Crippen LogP contribution is -2.33. The number of anilines is 1. The molecule has 1 aliphatic carbocycles. The summed E-state index contributed by atoms with van der Waals surface area (Å²) in [5.74, 6) is 0.695. The molecule has 1 aliphatic rings. The van der Waals surface area contributed by atoms with Gasteiger partial charge in [0.1, 0.15) is 10.7 Å². The molecule has 0 radical (unpaired) electrons. The fourth-order valence-electron chi connectivity index (χ4n) is 3.75. The van der Waals surface area contributed by atoms with Crippen LogP contribution in [-0.4, -0.2) is 26.9 Å². The summed E-state index contributed by atoms with van der Waals surface area (Å²) in [6.07, 6.45) is 7.36. The molecular formula is C19H23N5OS. The minimum Gasteiger partial charge on any atom is -0.337 e. The van der Waals surface area contributed by atoms with Crippen molar-refractivity contribution in [2.75, 3.05) is 5.32 Å². The largest absolute Gasteiger partial charge is 0.337 e. The highest BCUT2D eigenvalue weighted by molar-refractivity contribution is 7.13. The van der Waals surface area contributed by atoms with Crippen LogP contribution >= 0.6 is 11.3 Å². The average molecular weight is 369 g/mol. The van der Waals surface area contributed by atoms with Crippen LogP contribution in [0.2, 0.25) is 0 Å². The molecule has 1 saturated carbocycles. The summed E-state index contributed by atoms with van der Waals surface area (Å²) in [4.78, 5) is 24.7. The monoisotopic (exact) mass is 369 g/mol. The van der Waals surface area contributed by atoms with E-state index in [0.29, 0.717) is 5.92 Å². The lowest BCUT2D eigenvalue weighted by atomic mass is 9.79. The standard InChI is InChI=1S/C19H23N5OS/c1-11(20)12-2-4-13(5-3-12)18(25)24-15-6-7-21-17-14(15)10-16(23-17)19-22-8-9-26-19/h6-13H,2-5,20H2,1H3,(H2,21,23,24,25)/t11-,12?,13?/m0/s1. The Bertz CT molecular complexity index is 894. The second kappa shape index (κ2) is 7.17. The van der Waals surface area contributed by atoms with E-state index >= 15 is 0 Å². The minimum atomic E-state index is 0.0607. The van der Waals surface area contributed by atoms with Crippen molar-refractivity contribution < 1.29 is 4.79 Å². The first-order chi connectivity index (χ1) is 12.6. The smallest absolute Gasteiger partial charge is 0.227 e. The highest BCUT2D eigenvalue weighted by atomic mass is 32.1. The van der Waals surface area contributed by atoms with Crippen molar-refractivity contribution in [3.63, 3.8) is 0 Å². The number of amides is 1. The van der Waals surface area contributed by atoms with Gasteiger partial charge in [0.2, 0.25) is 5.91 Å². The van der Waals surface area contributed by atoms with E-state index in [1.807, 2.05) is 17.5 Å². The van der Waals surface area contributed by atoms with Crippen LogP contribution in [0.25, 0.3) is 21.7 Å². The molecule has 0 aromatic carbocycles. The number of aromatic amines is 1. The van der Waals surface area contributed by atoms with E-state index in [2.05, 4.69) is 27.2 Å². The molecule has 0 saturated heterocycles. The zero-order chi connectivity index (χ0) is 18.1. The summed E-state index contributed by atoms with van der Waals surface area (Å²) in [7, 11) is 0. The van der Waals surface area contributed by atoms with E-state index in [9.17, 15) is 4.79 Å². The van der Waals surface area contributed by atoms with Crippen LogP contribution in [-0.2, 0) is 4.79 Å². The summed E-state index contributed by atoms with van der Waals surface area (Å²) in [5.41, 5.74) is 8.48. The number of pyridine rings is 1. The minimum absolute atomic E-state index is 0.0607. The third kappa shape index (κ3) is 3.37. The molecule has 0 aliphatic heterocycles. The van der Waals surface area contributed by atoms with Crippen molar-refractivity contribution in [3.05, 3.63) is 29.9 Å². The van der Waals surface area contributed by atoms with Crippen molar-refractivity contribution >= 4 is 34.0 Å². The predicted octanol–water partition coefficient (Wildman–Crippen LogP) is 3.78. The Morgan fingerprint density at radius 1 is 1.31 bits per heavy atom. The molecule has 4 N–H and O–H groups in total. The fraction of sp³-hybridized carbons (Fsp3) is 0.421. The van der Waals surface area contributed by atoms with Gasteiger partial charge in [0.25, 0.3) is 0 Å². The molecule has 26 heavy (non-hydrogen) atoms. The Balaban J connectivity index is 1.51. The Morgan fingerprint density at radius 3 is 2.81 bits per heavy atom. The van der Waals surface area contributed by atoms with E-state index in [4.69, 9.17) is 5.73 Å². The van der Waals surface area contributed by atoms with Crippen LogP contribution in [0.15, 0.2) is 29.9 Å². The molecule has 136 valence electrons.